The molecular formula is C20H29N5O3. The largest absolute Gasteiger partial charge is 0.494 e. The molecule has 2 rings (SSSR count). The number of anilines is 3. The average Bonchev–Trinajstić information content (AvgIpc) is 2.63. The molecule has 0 unspecified atom stereocenters. The molecule has 28 heavy (non-hydrogen) atoms. The third-order valence-corrected chi connectivity index (χ3v) is 3.68. The maximum atomic E-state index is 12.9. The summed E-state index contributed by atoms with van der Waals surface area (Å²) < 4.78 is 10.6. The van der Waals surface area contributed by atoms with E-state index in [0.717, 1.165) is 5.75 Å². The van der Waals surface area contributed by atoms with Gasteiger partial charge in [0.15, 0.2) is 0 Å². The van der Waals surface area contributed by atoms with Crippen molar-refractivity contribution in [2.24, 2.45) is 0 Å². The van der Waals surface area contributed by atoms with E-state index in [1.165, 1.54) is 4.90 Å². The van der Waals surface area contributed by atoms with E-state index in [0.29, 0.717) is 30.7 Å². The van der Waals surface area contributed by atoms with Crippen molar-refractivity contribution in [3.8, 4) is 5.75 Å². The summed E-state index contributed by atoms with van der Waals surface area (Å²) >= 11 is 0. The molecule has 0 fully saturated rings. The molecule has 2 amide bonds. The number of carbonyl (C=O) groups is 1. The Morgan fingerprint density at radius 3 is 2.50 bits per heavy atom. The molecule has 0 bridgehead atoms. The first kappa shape index (κ1) is 21.4. The molecule has 0 saturated carbocycles. The van der Waals surface area contributed by atoms with Crippen molar-refractivity contribution in [1.82, 2.24) is 15.3 Å². The Labute approximate surface area is 166 Å². The summed E-state index contributed by atoms with van der Waals surface area (Å²) in [6.45, 7) is 8.81. The Balaban J connectivity index is 2.34. The standard InChI is InChI=1S/C20H29N5O3/c1-6-28-17-9-7-16(8-10-17)25(20(26)22-14(2)3)18-11-12-21-19(24-18)23-15(4)13-27-5/h7-12,14-15H,6,13H2,1-5H3,(H,22,26)(H,21,23,24)/t15-/m0/s1. The Hall–Kier alpha value is -2.87. The highest BCUT2D eigenvalue weighted by Crippen LogP contribution is 2.26. The highest BCUT2D eigenvalue weighted by molar-refractivity contribution is 5.98. The number of nitrogens with one attached hydrogen (secondary N) is 2. The van der Waals surface area contributed by atoms with Crippen LogP contribution in [-0.4, -0.2) is 48.4 Å². The fourth-order valence-electron chi connectivity index (χ4n) is 2.58. The number of ether oxygens (including phenoxy) is 2. The molecule has 0 aliphatic heterocycles. The van der Waals surface area contributed by atoms with Crippen LogP contribution in [-0.2, 0) is 4.74 Å². The molecule has 0 spiro atoms. The molecule has 1 atom stereocenters. The SMILES string of the molecule is CCOc1ccc(N(C(=O)NC(C)C)c2ccnc(N[C@@H](C)COC)n2)cc1. The number of rotatable bonds is 9. The molecule has 2 aromatic rings. The zero-order valence-corrected chi connectivity index (χ0v) is 17.1. The predicted octanol–water partition coefficient (Wildman–Crippen LogP) is 3.58. The zero-order chi connectivity index (χ0) is 20.5. The van der Waals surface area contributed by atoms with E-state index >= 15 is 0 Å². The van der Waals surface area contributed by atoms with Crippen LogP contribution in [0.25, 0.3) is 0 Å². The van der Waals surface area contributed by atoms with Crippen molar-refractivity contribution >= 4 is 23.5 Å². The number of carbonyl (C=O) groups excluding carboxylic acids is 1. The van der Waals surface area contributed by atoms with Gasteiger partial charge in [-0.25, -0.2) is 14.7 Å². The fraction of sp³-hybridized carbons (Fsp3) is 0.450. The van der Waals surface area contributed by atoms with E-state index in [1.54, 1.807) is 19.4 Å². The van der Waals surface area contributed by atoms with Crippen LogP contribution in [0, 0.1) is 0 Å². The quantitative estimate of drug-likeness (QED) is 0.684. The molecule has 2 N–H and O–H groups in total. The number of nitrogens with zero attached hydrogens (tertiary/aromatic N) is 3. The molecule has 152 valence electrons. The molecule has 0 aliphatic rings. The van der Waals surface area contributed by atoms with Gasteiger partial charge in [-0.15, -0.1) is 0 Å². The van der Waals surface area contributed by atoms with Crippen LogP contribution in [0.2, 0.25) is 0 Å². The van der Waals surface area contributed by atoms with Crippen molar-refractivity contribution in [1.29, 1.82) is 0 Å². The molecule has 8 nitrogen and oxygen atoms in total. The van der Waals surface area contributed by atoms with Gasteiger partial charge in [0.25, 0.3) is 0 Å². The molecule has 0 saturated heterocycles. The van der Waals surface area contributed by atoms with E-state index in [2.05, 4.69) is 20.6 Å². The van der Waals surface area contributed by atoms with E-state index in [9.17, 15) is 4.79 Å². The number of aromatic nitrogens is 2. The fourth-order valence-corrected chi connectivity index (χ4v) is 2.58. The van der Waals surface area contributed by atoms with Crippen LogP contribution in [0.1, 0.15) is 27.7 Å². The molecule has 0 radical (unpaired) electrons. The van der Waals surface area contributed by atoms with Gasteiger partial charge in [-0.05, 0) is 52.0 Å². The zero-order valence-electron chi connectivity index (χ0n) is 17.1. The first-order chi connectivity index (χ1) is 13.4. The number of benzene rings is 1. The summed E-state index contributed by atoms with van der Waals surface area (Å²) in [5.74, 6) is 1.63. The number of hydrogen-bond acceptors (Lipinski definition) is 6. The normalized spacial score (nSPS) is 11.8. The first-order valence-electron chi connectivity index (χ1n) is 9.36. The third kappa shape index (κ3) is 6.09. The molecule has 8 heteroatoms. The molecule has 1 aromatic heterocycles. The van der Waals surface area contributed by atoms with Crippen molar-refractivity contribution in [3.05, 3.63) is 36.5 Å². The molecular weight excluding hydrogens is 358 g/mol. The lowest BCUT2D eigenvalue weighted by atomic mass is 10.2. The molecule has 1 aromatic carbocycles. The maximum absolute atomic E-state index is 12.9. The van der Waals surface area contributed by atoms with Crippen LogP contribution in [0.3, 0.4) is 0 Å². The summed E-state index contributed by atoms with van der Waals surface area (Å²) in [7, 11) is 1.64. The van der Waals surface area contributed by atoms with Gasteiger partial charge in [0.05, 0.1) is 18.9 Å². The van der Waals surface area contributed by atoms with E-state index in [-0.39, 0.29) is 18.1 Å². The minimum absolute atomic E-state index is 0.0149. The second-order valence-electron chi connectivity index (χ2n) is 6.61. The van der Waals surface area contributed by atoms with Gasteiger partial charge < -0.3 is 20.1 Å². The van der Waals surface area contributed by atoms with Crippen LogP contribution in [0.4, 0.5) is 22.2 Å². The van der Waals surface area contributed by atoms with Crippen LogP contribution in [0.5, 0.6) is 5.75 Å². The van der Waals surface area contributed by atoms with Gasteiger partial charge in [-0.3, -0.25) is 0 Å². The summed E-state index contributed by atoms with van der Waals surface area (Å²) in [6, 6.07) is 8.76. The van der Waals surface area contributed by atoms with Crippen molar-refractivity contribution < 1.29 is 14.3 Å². The Bertz CT molecular complexity index is 752. The van der Waals surface area contributed by atoms with Gasteiger partial charge >= 0.3 is 6.03 Å². The monoisotopic (exact) mass is 387 g/mol. The minimum atomic E-state index is -0.270. The van der Waals surface area contributed by atoms with Crippen molar-refractivity contribution in [3.63, 3.8) is 0 Å². The topological polar surface area (TPSA) is 88.6 Å². The average molecular weight is 387 g/mol. The maximum Gasteiger partial charge on any atom is 0.327 e. The Morgan fingerprint density at radius 1 is 1.18 bits per heavy atom. The van der Waals surface area contributed by atoms with Crippen LogP contribution >= 0.6 is 0 Å². The lowest BCUT2D eigenvalue weighted by molar-refractivity contribution is 0.190. The number of hydrogen-bond donors (Lipinski definition) is 2. The third-order valence-electron chi connectivity index (χ3n) is 3.68. The first-order valence-corrected chi connectivity index (χ1v) is 9.36. The summed E-state index contributed by atoms with van der Waals surface area (Å²) in [5, 5.41) is 6.08. The second-order valence-corrected chi connectivity index (χ2v) is 6.61. The highest BCUT2D eigenvalue weighted by Gasteiger charge is 2.21. The van der Waals surface area contributed by atoms with Gasteiger partial charge in [0.1, 0.15) is 11.6 Å². The van der Waals surface area contributed by atoms with Gasteiger partial charge in [-0.2, -0.15) is 4.98 Å². The molecule has 1 heterocycles. The highest BCUT2D eigenvalue weighted by atomic mass is 16.5. The summed E-state index contributed by atoms with van der Waals surface area (Å²) in [5.41, 5.74) is 0.677. The van der Waals surface area contributed by atoms with Gasteiger partial charge in [0, 0.05) is 31.5 Å². The van der Waals surface area contributed by atoms with Crippen molar-refractivity contribution in [2.75, 3.05) is 30.5 Å². The van der Waals surface area contributed by atoms with Crippen molar-refractivity contribution in [2.45, 2.75) is 39.8 Å². The smallest absolute Gasteiger partial charge is 0.327 e. The Morgan fingerprint density at radius 2 is 1.89 bits per heavy atom. The Kier molecular flexibility index (Phi) is 8.01. The van der Waals surface area contributed by atoms with Gasteiger partial charge in [-0.1, -0.05) is 0 Å². The van der Waals surface area contributed by atoms with E-state index in [1.807, 2.05) is 52.0 Å². The summed E-state index contributed by atoms with van der Waals surface area (Å²) in [4.78, 5) is 23.2. The summed E-state index contributed by atoms with van der Waals surface area (Å²) in [6.07, 6.45) is 1.62. The lowest BCUT2D eigenvalue weighted by Crippen LogP contribution is -2.41. The second kappa shape index (κ2) is 10.5. The molecule has 0 aliphatic carbocycles. The number of urea groups is 1. The van der Waals surface area contributed by atoms with Crippen LogP contribution < -0.4 is 20.3 Å². The van der Waals surface area contributed by atoms with E-state index < -0.39 is 0 Å². The number of methoxy groups -OCH3 is 1. The lowest BCUT2D eigenvalue weighted by Gasteiger charge is -2.24. The van der Waals surface area contributed by atoms with Crippen LogP contribution in [0.15, 0.2) is 36.5 Å². The predicted molar refractivity (Wildman–Crippen MR) is 110 cm³/mol. The number of amides is 2. The van der Waals surface area contributed by atoms with E-state index in [4.69, 9.17) is 9.47 Å². The van der Waals surface area contributed by atoms with Gasteiger partial charge in [0.2, 0.25) is 5.95 Å². The minimum Gasteiger partial charge on any atom is -0.494 e.